The minimum absolute atomic E-state index is 0.155. The Bertz CT molecular complexity index is 1180. The molecular formula is C23H26N6O5. The van der Waals surface area contributed by atoms with Crippen molar-refractivity contribution in [3.63, 3.8) is 0 Å². The van der Waals surface area contributed by atoms with E-state index in [1.807, 2.05) is 6.20 Å². The predicted molar refractivity (Wildman–Crippen MR) is 122 cm³/mol. The van der Waals surface area contributed by atoms with Crippen LogP contribution in [0.5, 0.6) is 17.2 Å². The molecule has 1 N–H and O–H groups in total. The number of aromatic nitrogens is 4. The molecule has 2 aliphatic rings. The van der Waals surface area contributed by atoms with Crippen molar-refractivity contribution in [3.05, 3.63) is 41.3 Å². The molecule has 2 aromatic heterocycles. The summed E-state index contributed by atoms with van der Waals surface area (Å²) in [5.74, 6) is 2.04. The number of nitrogens with one attached hydrogen (secondary N) is 1. The third-order valence-electron chi connectivity index (χ3n) is 5.99. The Morgan fingerprint density at radius 3 is 2.44 bits per heavy atom. The lowest BCUT2D eigenvalue weighted by atomic mass is 10.1. The fourth-order valence-corrected chi connectivity index (χ4v) is 4.18. The normalized spacial score (nSPS) is 15.3. The molecule has 11 heteroatoms. The van der Waals surface area contributed by atoms with Gasteiger partial charge >= 0.3 is 0 Å². The number of benzene rings is 1. The van der Waals surface area contributed by atoms with Gasteiger partial charge in [0.05, 0.1) is 52.5 Å². The monoisotopic (exact) mass is 466 g/mol. The summed E-state index contributed by atoms with van der Waals surface area (Å²) >= 11 is 0. The molecule has 5 rings (SSSR count). The maximum absolute atomic E-state index is 13.2. The topological polar surface area (TPSA) is 115 Å². The zero-order valence-electron chi connectivity index (χ0n) is 19.3. The summed E-state index contributed by atoms with van der Waals surface area (Å²) in [7, 11) is 4.66. The van der Waals surface area contributed by atoms with Gasteiger partial charge in [-0.3, -0.25) is 9.89 Å². The highest BCUT2D eigenvalue weighted by Crippen LogP contribution is 2.41. The number of fused-ring (bicyclic) bond motifs is 1. The number of hydrogen-bond acceptors (Lipinski definition) is 9. The van der Waals surface area contributed by atoms with Gasteiger partial charge in [0.2, 0.25) is 11.7 Å². The second-order valence-corrected chi connectivity index (χ2v) is 7.98. The summed E-state index contributed by atoms with van der Waals surface area (Å²) in [6, 6.07) is 5.30. The van der Waals surface area contributed by atoms with Crippen LogP contribution in [0.3, 0.4) is 0 Å². The molecule has 2 aliphatic heterocycles. The number of anilines is 1. The largest absolute Gasteiger partial charge is 0.493 e. The van der Waals surface area contributed by atoms with Gasteiger partial charge in [0.15, 0.2) is 11.5 Å². The molecular weight excluding hydrogens is 440 g/mol. The van der Waals surface area contributed by atoms with E-state index in [0.717, 1.165) is 29.9 Å². The standard InChI is InChI=1S/C23H26N6O5/c1-31-19-8-14(9-20(32-2)21(19)33-3)16-10-17(27-26-16)22(30)29-12-15-11-24-23(25-18(15)13-29)28-4-6-34-7-5-28/h8-11H,4-7,12-13H2,1-3H3,(H,26,27). The first-order chi connectivity index (χ1) is 16.6. The molecule has 0 radical (unpaired) electrons. The van der Waals surface area contributed by atoms with Crippen molar-refractivity contribution in [3.8, 4) is 28.5 Å². The zero-order valence-corrected chi connectivity index (χ0v) is 19.3. The highest BCUT2D eigenvalue weighted by molar-refractivity contribution is 5.93. The van der Waals surface area contributed by atoms with Crippen LogP contribution in [0.4, 0.5) is 5.95 Å². The molecule has 1 aromatic carbocycles. The number of rotatable bonds is 6. The summed E-state index contributed by atoms with van der Waals surface area (Å²) in [5, 5.41) is 7.20. The van der Waals surface area contributed by atoms with Crippen LogP contribution in [0.1, 0.15) is 21.7 Å². The average Bonchev–Trinajstić information content (AvgIpc) is 3.55. The van der Waals surface area contributed by atoms with E-state index in [-0.39, 0.29) is 5.91 Å². The SMILES string of the molecule is COc1cc(-c2cc(C(=O)N3Cc4cnc(N5CCOCC5)nc4C3)[nH]n2)cc(OC)c1OC. The molecule has 34 heavy (non-hydrogen) atoms. The number of aromatic amines is 1. The quantitative estimate of drug-likeness (QED) is 0.581. The first-order valence-electron chi connectivity index (χ1n) is 10.9. The average molecular weight is 466 g/mol. The molecule has 4 heterocycles. The fraction of sp³-hybridized carbons (Fsp3) is 0.391. The second kappa shape index (κ2) is 9.18. The Morgan fingerprint density at radius 2 is 1.76 bits per heavy atom. The van der Waals surface area contributed by atoms with Crippen LogP contribution in [0.25, 0.3) is 11.3 Å². The van der Waals surface area contributed by atoms with Crippen LogP contribution in [0.2, 0.25) is 0 Å². The number of carbonyl (C=O) groups is 1. The predicted octanol–water partition coefficient (Wildman–Crippen LogP) is 1.89. The molecule has 0 saturated carbocycles. The Kier molecular flexibility index (Phi) is 5.93. The van der Waals surface area contributed by atoms with Crippen molar-refractivity contribution in [2.75, 3.05) is 52.5 Å². The number of hydrogen-bond donors (Lipinski definition) is 1. The second-order valence-electron chi connectivity index (χ2n) is 7.98. The molecule has 178 valence electrons. The fourth-order valence-electron chi connectivity index (χ4n) is 4.18. The Morgan fingerprint density at radius 1 is 1.03 bits per heavy atom. The van der Waals surface area contributed by atoms with E-state index >= 15 is 0 Å². The first kappa shape index (κ1) is 22.0. The third kappa shape index (κ3) is 3.98. The van der Waals surface area contributed by atoms with Gasteiger partial charge in [-0.1, -0.05) is 0 Å². The van der Waals surface area contributed by atoms with Crippen LogP contribution in [0, 0.1) is 0 Å². The Hall–Kier alpha value is -3.86. The summed E-state index contributed by atoms with van der Waals surface area (Å²) in [6.45, 7) is 3.74. The summed E-state index contributed by atoms with van der Waals surface area (Å²) in [5.41, 5.74) is 3.53. The van der Waals surface area contributed by atoms with E-state index in [2.05, 4.69) is 20.1 Å². The summed E-state index contributed by atoms with van der Waals surface area (Å²) in [4.78, 5) is 26.2. The summed E-state index contributed by atoms with van der Waals surface area (Å²) in [6.07, 6.45) is 1.81. The van der Waals surface area contributed by atoms with Gasteiger partial charge in [-0.25, -0.2) is 9.97 Å². The van der Waals surface area contributed by atoms with Gasteiger partial charge in [0.1, 0.15) is 5.69 Å². The lowest BCUT2D eigenvalue weighted by Gasteiger charge is -2.26. The molecule has 1 saturated heterocycles. The van der Waals surface area contributed by atoms with Crippen LogP contribution in [-0.4, -0.2) is 78.6 Å². The molecule has 0 bridgehead atoms. The number of H-pyrrole nitrogens is 1. The number of carbonyl (C=O) groups excluding carboxylic acids is 1. The molecule has 1 amide bonds. The van der Waals surface area contributed by atoms with Gasteiger partial charge in [-0.05, 0) is 18.2 Å². The van der Waals surface area contributed by atoms with E-state index in [0.29, 0.717) is 60.9 Å². The Balaban J connectivity index is 1.34. The molecule has 0 atom stereocenters. The number of ether oxygens (including phenoxy) is 4. The maximum Gasteiger partial charge on any atom is 0.272 e. The van der Waals surface area contributed by atoms with Crippen molar-refractivity contribution >= 4 is 11.9 Å². The van der Waals surface area contributed by atoms with Crippen molar-refractivity contribution in [2.24, 2.45) is 0 Å². The molecule has 0 aliphatic carbocycles. The lowest BCUT2D eigenvalue weighted by molar-refractivity contribution is 0.0744. The van der Waals surface area contributed by atoms with E-state index in [4.69, 9.17) is 23.9 Å². The highest BCUT2D eigenvalue weighted by atomic mass is 16.5. The van der Waals surface area contributed by atoms with Gasteiger partial charge < -0.3 is 28.7 Å². The zero-order chi connectivity index (χ0) is 23.7. The van der Waals surface area contributed by atoms with Gasteiger partial charge in [-0.15, -0.1) is 0 Å². The third-order valence-corrected chi connectivity index (χ3v) is 5.99. The highest BCUT2D eigenvalue weighted by Gasteiger charge is 2.28. The van der Waals surface area contributed by atoms with Gasteiger partial charge in [0, 0.05) is 37.0 Å². The number of nitrogens with zero attached hydrogens (tertiary/aromatic N) is 5. The first-order valence-corrected chi connectivity index (χ1v) is 10.9. The van der Waals surface area contributed by atoms with E-state index in [1.165, 1.54) is 0 Å². The minimum atomic E-state index is -0.155. The summed E-state index contributed by atoms with van der Waals surface area (Å²) < 4.78 is 21.6. The molecule has 0 spiro atoms. The van der Waals surface area contributed by atoms with Crippen molar-refractivity contribution in [1.82, 2.24) is 25.1 Å². The molecule has 0 unspecified atom stereocenters. The van der Waals surface area contributed by atoms with Crippen molar-refractivity contribution in [2.45, 2.75) is 13.1 Å². The van der Waals surface area contributed by atoms with Crippen LogP contribution >= 0.6 is 0 Å². The Labute approximate surface area is 196 Å². The minimum Gasteiger partial charge on any atom is -0.493 e. The van der Waals surface area contributed by atoms with Gasteiger partial charge in [-0.2, -0.15) is 5.10 Å². The van der Waals surface area contributed by atoms with Gasteiger partial charge in [0.25, 0.3) is 5.91 Å². The molecule has 1 fully saturated rings. The van der Waals surface area contributed by atoms with E-state index in [1.54, 1.807) is 44.4 Å². The van der Waals surface area contributed by atoms with Crippen LogP contribution in [-0.2, 0) is 17.8 Å². The number of methoxy groups -OCH3 is 3. The molecule has 3 aromatic rings. The lowest BCUT2D eigenvalue weighted by Crippen LogP contribution is -2.37. The smallest absolute Gasteiger partial charge is 0.272 e. The number of amides is 1. The number of morpholine rings is 1. The van der Waals surface area contributed by atoms with Crippen molar-refractivity contribution in [1.29, 1.82) is 0 Å². The van der Waals surface area contributed by atoms with Crippen LogP contribution < -0.4 is 19.1 Å². The molecule has 11 nitrogen and oxygen atoms in total. The van der Waals surface area contributed by atoms with E-state index < -0.39 is 0 Å². The maximum atomic E-state index is 13.2. The van der Waals surface area contributed by atoms with Crippen LogP contribution in [0.15, 0.2) is 24.4 Å². The van der Waals surface area contributed by atoms with Crippen molar-refractivity contribution < 1.29 is 23.7 Å². The van der Waals surface area contributed by atoms with E-state index in [9.17, 15) is 4.79 Å².